The lowest BCUT2D eigenvalue weighted by molar-refractivity contribution is -0.925. The van der Waals surface area contributed by atoms with Crippen molar-refractivity contribution in [2.24, 2.45) is 5.92 Å². The fraction of sp³-hybridized carbons (Fsp3) is 0.606. The quantitative estimate of drug-likeness (QED) is 0.294. The zero-order valence-corrected chi connectivity index (χ0v) is 23.5. The molecule has 1 heterocycles. The molecular formula is C33H47N2O3+. The monoisotopic (exact) mass is 519 g/mol. The van der Waals surface area contributed by atoms with Crippen LogP contribution in [-0.2, 0) is 21.4 Å². The van der Waals surface area contributed by atoms with Crippen LogP contribution in [0.2, 0.25) is 0 Å². The number of amides is 1. The van der Waals surface area contributed by atoms with Gasteiger partial charge in [-0.3, -0.25) is 4.79 Å². The highest BCUT2D eigenvalue weighted by Crippen LogP contribution is 2.55. The summed E-state index contributed by atoms with van der Waals surface area (Å²) < 4.78 is 7.62. The summed E-state index contributed by atoms with van der Waals surface area (Å²) in [6.45, 7) is 3.35. The van der Waals surface area contributed by atoms with Crippen molar-refractivity contribution < 1.29 is 19.1 Å². The van der Waals surface area contributed by atoms with Gasteiger partial charge in [0.25, 0.3) is 0 Å². The average molecular weight is 520 g/mol. The van der Waals surface area contributed by atoms with Gasteiger partial charge in [-0.1, -0.05) is 48.9 Å². The van der Waals surface area contributed by atoms with Crippen LogP contribution in [0.15, 0.2) is 54.6 Å². The summed E-state index contributed by atoms with van der Waals surface area (Å²) in [4.78, 5) is 13.0. The Morgan fingerprint density at radius 3 is 2.61 bits per heavy atom. The first kappa shape index (κ1) is 27.2. The zero-order chi connectivity index (χ0) is 26.6. The van der Waals surface area contributed by atoms with E-state index in [0.717, 1.165) is 80.4 Å². The maximum Gasteiger partial charge on any atom is 0.220 e. The van der Waals surface area contributed by atoms with Gasteiger partial charge in [-0.25, -0.2) is 0 Å². The molecular weight excluding hydrogens is 472 g/mol. The minimum atomic E-state index is -0.290. The Kier molecular flexibility index (Phi) is 8.16. The highest BCUT2D eigenvalue weighted by Gasteiger charge is 2.63. The van der Waals surface area contributed by atoms with Gasteiger partial charge in [0, 0.05) is 37.3 Å². The van der Waals surface area contributed by atoms with Crippen molar-refractivity contribution in [1.29, 1.82) is 0 Å². The van der Waals surface area contributed by atoms with Crippen molar-refractivity contribution in [3.63, 3.8) is 0 Å². The Labute approximate surface area is 229 Å². The normalized spacial score (nSPS) is 30.9. The molecule has 1 unspecified atom stereocenters. The SMILES string of the molecule is COC12CC[C@H](NC(=O)CCCCCc3ccccc3)C[C@]1(c1cccc(O)c1)CC[N@+](C)(CC1CC1)C2. The highest BCUT2D eigenvalue weighted by molar-refractivity contribution is 5.76. The number of quaternary nitrogens is 1. The molecule has 4 atom stereocenters. The summed E-state index contributed by atoms with van der Waals surface area (Å²) in [6, 6.07) is 18.6. The van der Waals surface area contributed by atoms with Gasteiger partial charge in [-0.15, -0.1) is 0 Å². The molecule has 5 nitrogen and oxygen atoms in total. The standard InChI is InChI=1S/C33H46N2O3/c1-35(24-27-16-17-27)21-20-32(28-13-9-14-30(36)22-28)23-29(18-19-33(32,25-35)38-2)34-31(37)15-8-4-7-12-26-10-5-3-6-11-26/h3,5-6,9-11,13-14,22,27,29H,4,7-8,12,15-21,23-25H2,1-2H3,(H-,34,36,37)/p+1/t29-,32-,33?,35+/m0/s1. The summed E-state index contributed by atoms with van der Waals surface area (Å²) in [5.74, 6) is 1.35. The van der Waals surface area contributed by atoms with Gasteiger partial charge < -0.3 is 19.6 Å². The van der Waals surface area contributed by atoms with Crippen molar-refractivity contribution in [3.05, 3.63) is 65.7 Å². The first-order valence-corrected chi connectivity index (χ1v) is 14.9. The van der Waals surface area contributed by atoms with Gasteiger partial charge in [0.1, 0.15) is 17.9 Å². The first-order chi connectivity index (χ1) is 18.4. The Balaban J connectivity index is 1.24. The van der Waals surface area contributed by atoms with E-state index in [2.05, 4.69) is 48.8 Å². The van der Waals surface area contributed by atoms with Crippen molar-refractivity contribution in [3.8, 4) is 5.75 Å². The number of rotatable bonds is 11. The second-order valence-electron chi connectivity index (χ2n) is 12.8. The molecule has 0 radical (unpaired) electrons. The Bertz CT molecular complexity index is 1090. The fourth-order valence-corrected chi connectivity index (χ4v) is 7.70. The number of hydrogen-bond acceptors (Lipinski definition) is 3. The third-order valence-electron chi connectivity index (χ3n) is 9.84. The van der Waals surface area contributed by atoms with Crippen molar-refractivity contribution >= 4 is 5.91 Å². The van der Waals surface area contributed by atoms with Crippen LogP contribution < -0.4 is 5.32 Å². The van der Waals surface area contributed by atoms with E-state index >= 15 is 0 Å². The number of benzene rings is 2. The maximum absolute atomic E-state index is 13.0. The summed E-state index contributed by atoms with van der Waals surface area (Å²) in [5, 5.41) is 13.8. The number of aromatic hydroxyl groups is 1. The molecule has 0 aromatic heterocycles. The molecule has 206 valence electrons. The predicted octanol–water partition coefficient (Wildman–Crippen LogP) is 5.75. The smallest absolute Gasteiger partial charge is 0.220 e. The molecule has 2 saturated carbocycles. The Hall–Kier alpha value is -2.37. The number of phenolic OH excluding ortho intramolecular Hbond substituents is 1. The molecule has 0 spiro atoms. The summed E-state index contributed by atoms with van der Waals surface area (Å²) in [7, 11) is 4.30. The summed E-state index contributed by atoms with van der Waals surface area (Å²) in [6.07, 6.45) is 11.3. The molecule has 1 saturated heterocycles. The van der Waals surface area contributed by atoms with Crippen molar-refractivity contribution in [2.75, 3.05) is 33.8 Å². The van der Waals surface area contributed by atoms with Gasteiger partial charge in [-0.05, 0) is 74.6 Å². The third kappa shape index (κ3) is 5.94. The van der Waals surface area contributed by atoms with E-state index in [1.807, 2.05) is 19.2 Å². The summed E-state index contributed by atoms with van der Waals surface area (Å²) in [5.41, 5.74) is 2.03. The molecule has 2 aromatic carbocycles. The van der Waals surface area contributed by atoms with Crippen LogP contribution in [-0.4, -0.2) is 60.9 Å². The zero-order valence-electron chi connectivity index (χ0n) is 23.5. The van der Waals surface area contributed by atoms with Crippen molar-refractivity contribution in [2.45, 2.75) is 87.7 Å². The number of carbonyl (C=O) groups is 1. The Morgan fingerprint density at radius 2 is 1.87 bits per heavy atom. The number of methoxy groups -OCH3 is 1. The van der Waals surface area contributed by atoms with Crippen LogP contribution in [0.4, 0.5) is 0 Å². The molecule has 3 aliphatic rings. The van der Waals surface area contributed by atoms with E-state index < -0.39 is 0 Å². The second-order valence-corrected chi connectivity index (χ2v) is 12.8. The van der Waals surface area contributed by atoms with Gasteiger partial charge in [0.2, 0.25) is 5.91 Å². The van der Waals surface area contributed by atoms with E-state index in [1.165, 1.54) is 24.9 Å². The maximum atomic E-state index is 13.0. The molecule has 1 aliphatic heterocycles. The molecule has 2 aliphatic carbocycles. The Morgan fingerprint density at radius 1 is 1.05 bits per heavy atom. The lowest BCUT2D eigenvalue weighted by atomic mass is 9.54. The predicted molar refractivity (Wildman–Crippen MR) is 152 cm³/mol. The number of phenols is 1. The minimum absolute atomic E-state index is 0.137. The van der Waals surface area contributed by atoms with E-state index in [0.29, 0.717) is 12.2 Å². The number of hydrogen-bond donors (Lipinski definition) is 2. The number of fused-ring (bicyclic) bond motifs is 1. The molecule has 38 heavy (non-hydrogen) atoms. The number of likely N-dealkylation sites (N-methyl/N-ethyl adjacent to an activating group) is 1. The van der Waals surface area contributed by atoms with Gasteiger partial charge >= 0.3 is 0 Å². The first-order valence-electron chi connectivity index (χ1n) is 14.9. The lowest BCUT2D eigenvalue weighted by Gasteiger charge is -2.61. The van der Waals surface area contributed by atoms with E-state index in [-0.39, 0.29) is 23.0 Å². The molecule has 0 bridgehead atoms. The molecule has 5 rings (SSSR count). The number of carbonyl (C=O) groups excluding carboxylic acids is 1. The van der Waals surface area contributed by atoms with Crippen molar-refractivity contribution in [1.82, 2.24) is 5.32 Å². The minimum Gasteiger partial charge on any atom is -0.508 e. The fourth-order valence-electron chi connectivity index (χ4n) is 7.70. The van der Waals surface area contributed by atoms with Gasteiger partial charge in [0.05, 0.1) is 20.1 Å². The van der Waals surface area contributed by atoms with E-state index in [1.54, 1.807) is 6.07 Å². The number of nitrogens with zero attached hydrogens (tertiary/aromatic N) is 1. The topological polar surface area (TPSA) is 58.6 Å². The molecule has 2 aromatic rings. The van der Waals surface area contributed by atoms with Crippen LogP contribution in [0.5, 0.6) is 5.75 Å². The van der Waals surface area contributed by atoms with Crippen LogP contribution in [0, 0.1) is 5.92 Å². The van der Waals surface area contributed by atoms with Crippen LogP contribution in [0.1, 0.15) is 75.3 Å². The number of nitrogens with one attached hydrogen (secondary N) is 1. The number of ether oxygens (including phenoxy) is 1. The van der Waals surface area contributed by atoms with E-state index in [4.69, 9.17) is 4.74 Å². The molecule has 3 fully saturated rings. The van der Waals surface area contributed by atoms with Gasteiger partial charge in [0.15, 0.2) is 0 Å². The number of unbranched alkanes of at least 4 members (excludes halogenated alkanes) is 2. The summed E-state index contributed by atoms with van der Waals surface area (Å²) >= 11 is 0. The lowest BCUT2D eigenvalue weighted by Crippen LogP contribution is -2.72. The van der Waals surface area contributed by atoms with Gasteiger partial charge in [-0.2, -0.15) is 0 Å². The van der Waals surface area contributed by atoms with Crippen LogP contribution in [0.3, 0.4) is 0 Å². The third-order valence-corrected chi connectivity index (χ3v) is 9.84. The number of aryl methyl sites for hydroxylation is 1. The van der Waals surface area contributed by atoms with Crippen LogP contribution in [0.25, 0.3) is 0 Å². The number of piperidine rings is 1. The average Bonchev–Trinajstić information content (AvgIpc) is 3.73. The molecule has 2 N–H and O–H groups in total. The van der Waals surface area contributed by atoms with E-state index in [9.17, 15) is 9.90 Å². The highest BCUT2D eigenvalue weighted by atomic mass is 16.5. The number of likely N-dealkylation sites (tertiary alicyclic amines) is 1. The molecule has 5 heteroatoms. The second kappa shape index (κ2) is 11.4. The largest absolute Gasteiger partial charge is 0.508 e. The van der Waals surface area contributed by atoms with Crippen LogP contribution >= 0.6 is 0 Å². The molecule has 1 amide bonds.